The minimum atomic E-state index is -0.571. The minimum Gasteiger partial charge on any atom is -0.497 e. The van der Waals surface area contributed by atoms with Gasteiger partial charge in [0.15, 0.2) is 0 Å². The number of nitrogens with one attached hydrogen (secondary N) is 1. The van der Waals surface area contributed by atoms with Gasteiger partial charge in [-0.2, -0.15) is 0 Å². The van der Waals surface area contributed by atoms with Gasteiger partial charge < -0.3 is 15.0 Å². The Hall–Kier alpha value is -2.82. The van der Waals surface area contributed by atoms with Gasteiger partial charge in [-0.1, -0.05) is 43.3 Å². The zero-order valence-corrected chi connectivity index (χ0v) is 18.2. The second kappa shape index (κ2) is 9.79. The lowest BCUT2D eigenvalue weighted by Gasteiger charge is -2.41. The van der Waals surface area contributed by atoms with E-state index >= 15 is 0 Å². The zero-order valence-electron chi connectivity index (χ0n) is 18.2. The molecule has 0 bridgehead atoms. The first-order valence-corrected chi connectivity index (χ1v) is 10.7. The van der Waals surface area contributed by atoms with E-state index in [1.807, 2.05) is 36.1 Å². The van der Waals surface area contributed by atoms with E-state index in [-0.39, 0.29) is 11.8 Å². The molecule has 1 aliphatic rings. The summed E-state index contributed by atoms with van der Waals surface area (Å²) in [5.41, 5.74) is 2.79. The summed E-state index contributed by atoms with van der Waals surface area (Å²) in [5.74, 6) is 1.01. The van der Waals surface area contributed by atoms with Gasteiger partial charge in [0.05, 0.1) is 12.5 Å². The number of amides is 2. The predicted molar refractivity (Wildman–Crippen MR) is 119 cm³/mol. The van der Waals surface area contributed by atoms with E-state index in [2.05, 4.69) is 29.6 Å². The molecule has 0 unspecified atom stereocenters. The van der Waals surface area contributed by atoms with Crippen molar-refractivity contribution in [2.45, 2.75) is 39.0 Å². The SMILES string of the molecule is CCCC(=O)N1CCC[C@@](Cc2ccc(-c3ccc(OC)cc3)cc2)(C(=O)NC)C1. The monoisotopic (exact) mass is 408 g/mol. The van der Waals surface area contributed by atoms with Crippen molar-refractivity contribution in [2.24, 2.45) is 5.41 Å². The number of likely N-dealkylation sites (tertiary alicyclic amines) is 1. The van der Waals surface area contributed by atoms with Crippen molar-refractivity contribution in [1.29, 1.82) is 0 Å². The van der Waals surface area contributed by atoms with Gasteiger partial charge in [0.25, 0.3) is 0 Å². The lowest BCUT2D eigenvalue weighted by atomic mass is 9.74. The van der Waals surface area contributed by atoms with E-state index in [0.717, 1.165) is 48.2 Å². The van der Waals surface area contributed by atoms with Gasteiger partial charge in [0, 0.05) is 26.6 Å². The Kier molecular flexibility index (Phi) is 7.14. The Morgan fingerprint density at radius 3 is 2.27 bits per heavy atom. The molecule has 0 aromatic heterocycles. The molecule has 3 rings (SSSR count). The molecule has 30 heavy (non-hydrogen) atoms. The molecule has 1 N–H and O–H groups in total. The second-order valence-electron chi connectivity index (χ2n) is 8.13. The Bertz CT molecular complexity index is 861. The number of piperidine rings is 1. The fourth-order valence-corrected chi connectivity index (χ4v) is 4.38. The first-order chi connectivity index (χ1) is 14.5. The number of methoxy groups -OCH3 is 1. The van der Waals surface area contributed by atoms with E-state index < -0.39 is 5.41 Å². The van der Waals surface area contributed by atoms with Crippen LogP contribution in [-0.2, 0) is 16.0 Å². The van der Waals surface area contributed by atoms with Crippen LogP contribution in [0, 0.1) is 5.41 Å². The first-order valence-electron chi connectivity index (χ1n) is 10.7. The topological polar surface area (TPSA) is 58.6 Å². The standard InChI is InChI=1S/C25H32N2O3/c1-4-6-23(28)27-16-5-15-25(18-27,24(29)26-2)17-19-7-9-20(10-8-19)21-11-13-22(30-3)14-12-21/h7-14H,4-6,15-18H2,1-3H3,(H,26,29)/t25-/m0/s1. The Labute approximate surface area is 179 Å². The first kappa shape index (κ1) is 21.9. The highest BCUT2D eigenvalue weighted by Gasteiger charge is 2.42. The lowest BCUT2D eigenvalue weighted by Crippen LogP contribution is -2.53. The number of nitrogens with zero attached hydrogens (tertiary/aromatic N) is 1. The smallest absolute Gasteiger partial charge is 0.228 e. The van der Waals surface area contributed by atoms with Gasteiger partial charge in [0.2, 0.25) is 11.8 Å². The van der Waals surface area contributed by atoms with Crippen molar-refractivity contribution in [2.75, 3.05) is 27.2 Å². The molecule has 2 aromatic carbocycles. The van der Waals surface area contributed by atoms with Gasteiger partial charge >= 0.3 is 0 Å². The molecule has 0 aliphatic carbocycles. The molecule has 5 nitrogen and oxygen atoms in total. The fourth-order valence-electron chi connectivity index (χ4n) is 4.38. The van der Waals surface area contributed by atoms with E-state index in [4.69, 9.17) is 4.74 Å². The normalized spacial score (nSPS) is 18.7. The number of benzene rings is 2. The average molecular weight is 409 g/mol. The summed E-state index contributed by atoms with van der Waals surface area (Å²) in [6.45, 7) is 3.25. The molecule has 1 aliphatic heterocycles. The summed E-state index contributed by atoms with van der Waals surface area (Å²) in [5, 5.41) is 2.85. The Balaban J connectivity index is 1.79. The van der Waals surface area contributed by atoms with Crippen LogP contribution in [0.25, 0.3) is 11.1 Å². The van der Waals surface area contributed by atoms with Gasteiger partial charge in [0.1, 0.15) is 5.75 Å². The number of rotatable bonds is 7. The van der Waals surface area contributed by atoms with Gasteiger partial charge in [-0.15, -0.1) is 0 Å². The molecular formula is C25H32N2O3. The number of carbonyl (C=O) groups excluding carboxylic acids is 2. The Morgan fingerprint density at radius 1 is 1.07 bits per heavy atom. The fraction of sp³-hybridized carbons (Fsp3) is 0.440. The van der Waals surface area contributed by atoms with Crippen molar-refractivity contribution in [3.8, 4) is 16.9 Å². The molecule has 0 saturated carbocycles. The molecule has 0 spiro atoms. The summed E-state index contributed by atoms with van der Waals surface area (Å²) in [6.07, 6.45) is 3.65. The van der Waals surface area contributed by atoms with Crippen LogP contribution >= 0.6 is 0 Å². The number of ether oxygens (including phenoxy) is 1. The van der Waals surface area contributed by atoms with Crippen molar-refractivity contribution in [3.63, 3.8) is 0 Å². The summed E-state index contributed by atoms with van der Waals surface area (Å²) >= 11 is 0. The van der Waals surface area contributed by atoms with E-state index in [1.54, 1.807) is 14.2 Å². The van der Waals surface area contributed by atoms with Crippen LogP contribution in [0.1, 0.15) is 38.2 Å². The number of hydrogen-bond acceptors (Lipinski definition) is 3. The zero-order chi connectivity index (χ0) is 21.6. The van der Waals surface area contributed by atoms with Crippen molar-refractivity contribution in [3.05, 3.63) is 54.1 Å². The van der Waals surface area contributed by atoms with Crippen LogP contribution in [0.2, 0.25) is 0 Å². The molecule has 1 atom stereocenters. The molecule has 0 radical (unpaired) electrons. The second-order valence-corrected chi connectivity index (χ2v) is 8.13. The van der Waals surface area contributed by atoms with Crippen LogP contribution in [0.5, 0.6) is 5.75 Å². The van der Waals surface area contributed by atoms with Crippen molar-refractivity contribution < 1.29 is 14.3 Å². The number of hydrogen-bond donors (Lipinski definition) is 1. The van der Waals surface area contributed by atoms with Crippen LogP contribution in [0.3, 0.4) is 0 Å². The molecule has 2 amide bonds. The molecule has 160 valence electrons. The van der Waals surface area contributed by atoms with Gasteiger partial charge in [-0.3, -0.25) is 9.59 Å². The van der Waals surface area contributed by atoms with Gasteiger partial charge in [-0.05, 0) is 54.5 Å². The molecule has 2 aromatic rings. The largest absolute Gasteiger partial charge is 0.497 e. The summed E-state index contributed by atoms with van der Waals surface area (Å²) < 4.78 is 5.23. The third kappa shape index (κ3) is 4.84. The van der Waals surface area contributed by atoms with E-state index in [9.17, 15) is 9.59 Å². The van der Waals surface area contributed by atoms with Crippen molar-refractivity contribution in [1.82, 2.24) is 10.2 Å². The van der Waals surface area contributed by atoms with Crippen LogP contribution < -0.4 is 10.1 Å². The molecule has 5 heteroatoms. The molecule has 1 saturated heterocycles. The maximum atomic E-state index is 12.9. The minimum absolute atomic E-state index is 0.0238. The Morgan fingerprint density at radius 2 is 1.70 bits per heavy atom. The van der Waals surface area contributed by atoms with Crippen LogP contribution in [0.15, 0.2) is 48.5 Å². The van der Waals surface area contributed by atoms with E-state index in [0.29, 0.717) is 19.4 Å². The average Bonchev–Trinajstić information content (AvgIpc) is 2.79. The highest BCUT2D eigenvalue weighted by atomic mass is 16.5. The van der Waals surface area contributed by atoms with E-state index in [1.165, 1.54) is 0 Å². The summed E-state index contributed by atoms with van der Waals surface area (Å²) in [7, 11) is 3.35. The molecule has 1 heterocycles. The predicted octanol–water partition coefficient (Wildman–Crippen LogP) is 4.06. The highest BCUT2D eigenvalue weighted by molar-refractivity contribution is 5.85. The molecule has 1 fully saturated rings. The highest BCUT2D eigenvalue weighted by Crippen LogP contribution is 2.35. The molecular weight excluding hydrogens is 376 g/mol. The van der Waals surface area contributed by atoms with Gasteiger partial charge in [-0.25, -0.2) is 0 Å². The summed E-state index contributed by atoms with van der Waals surface area (Å²) in [4.78, 5) is 27.3. The summed E-state index contributed by atoms with van der Waals surface area (Å²) in [6, 6.07) is 16.4. The third-order valence-electron chi connectivity index (χ3n) is 6.02. The lowest BCUT2D eigenvalue weighted by molar-refractivity contribution is -0.141. The maximum Gasteiger partial charge on any atom is 0.228 e. The van der Waals surface area contributed by atoms with Crippen molar-refractivity contribution >= 4 is 11.8 Å². The van der Waals surface area contributed by atoms with Crippen LogP contribution in [0.4, 0.5) is 0 Å². The quantitative estimate of drug-likeness (QED) is 0.752. The third-order valence-corrected chi connectivity index (χ3v) is 6.02. The number of carbonyl (C=O) groups is 2. The van der Waals surface area contributed by atoms with Crippen LogP contribution in [-0.4, -0.2) is 44.0 Å². The maximum absolute atomic E-state index is 12.9.